The summed E-state index contributed by atoms with van der Waals surface area (Å²) in [5.41, 5.74) is 1.04. The smallest absolute Gasteiger partial charge is 0.227 e. The van der Waals surface area contributed by atoms with Crippen LogP contribution < -0.4 is 0 Å². The second-order valence-corrected chi connectivity index (χ2v) is 6.37. The van der Waals surface area contributed by atoms with Crippen molar-refractivity contribution in [2.75, 3.05) is 6.26 Å². The van der Waals surface area contributed by atoms with Crippen molar-refractivity contribution in [3.05, 3.63) is 40.5 Å². The molecule has 0 aliphatic heterocycles. The van der Waals surface area contributed by atoms with E-state index in [1.807, 2.05) is 0 Å². The van der Waals surface area contributed by atoms with Crippen LogP contribution in [-0.4, -0.2) is 24.6 Å². The number of benzene rings is 1. The maximum atomic E-state index is 11.4. The predicted molar refractivity (Wildman–Crippen MR) is 70.6 cm³/mol. The van der Waals surface area contributed by atoms with Crippen molar-refractivity contribution < 1.29 is 8.42 Å². The molecule has 0 N–H and O–H groups in total. The maximum Gasteiger partial charge on any atom is 0.247 e. The molecular weight excluding hydrogens is 295 g/mol. The highest BCUT2D eigenvalue weighted by atomic mass is 35.5. The summed E-state index contributed by atoms with van der Waals surface area (Å²) in [4.78, 5) is 7.69. The standard InChI is InChI=1S/C11H8Cl2N2O2S/c1-18(16,17)11-14-5-4-10(15-11)8-3-2-7(12)6-9(8)13/h2-6H,1H3. The number of halogens is 2. The van der Waals surface area contributed by atoms with Crippen molar-refractivity contribution in [1.29, 1.82) is 0 Å². The third-order valence-corrected chi connectivity index (χ3v) is 3.58. The summed E-state index contributed by atoms with van der Waals surface area (Å²) < 4.78 is 22.8. The lowest BCUT2D eigenvalue weighted by Gasteiger charge is -2.05. The molecule has 7 heteroatoms. The van der Waals surface area contributed by atoms with Crippen LogP contribution in [0.3, 0.4) is 0 Å². The minimum atomic E-state index is -3.45. The van der Waals surface area contributed by atoms with E-state index in [1.165, 1.54) is 6.20 Å². The molecule has 4 nitrogen and oxygen atoms in total. The van der Waals surface area contributed by atoms with Gasteiger partial charge in [-0.1, -0.05) is 23.2 Å². The summed E-state index contributed by atoms with van der Waals surface area (Å²) >= 11 is 11.8. The third-order valence-electron chi connectivity index (χ3n) is 2.17. The quantitative estimate of drug-likeness (QED) is 0.800. The Hall–Kier alpha value is -1.17. The number of aromatic nitrogens is 2. The highest BCUT2D eigenvalue weighted by molar-refractivity contribution is 7.90. The van der Waals surface area contributed by atoms with E-state index in [4.69, 9.17) is 23.2 Å². The molecule has 1 heterocycles. The molecule has 0 aliphatic carbocycles. The van der Waals surface area contributed by atoms with Gasteiger partial charge in [-0.2, -0.15) is 0 Å². The first-order chi connectivity index (χ1) is 8.38. The van der Waals surface area contributed by atoms with Gasteiger partial charge in [0.1, 0.15) is 0 Å². The largest absolute Gasteiger partial charge is 0.247 e. The molecule has 18 heavy (non-hydrogen) atoms. The molecule has 0 unspecified atom stereocenters. The van der Waals surface area contributed by atoms with Crippen LogP contribution >= 0.6 is 23.2 Å². The van der Waals surface area contributed by atoms with Crippen LogP contribution in [0.2, 0.25) is 10.0 Å². The van der Waals surface area contributed by atoms with Gasteiger partial charge < -0.3 is 0 Å². The van der Waals surface area contributed by atoms with Gasteiger partial charge in [-0.15, -0.1) is 0 Å². The highest BCUT2D eigenvalue weighted by Gasteiger charge is 2.13. The average Bonchev–Trinajstić information content (AvgIpc) is 2.28. The van der Waals surface area contributed by atoms with Gasteiger partial charge in [0.25, 0.3) is 0 Å². The zero-order valence-electron chi connectivity index (χ0n) is 9.26. The molecule has 0 aliphatic rings. The predicted octanol–water partition coefficient (Wildman–Crippen LogP) is 2.85. The first-order valence-corrected chi connectivity index (χ1v) is 7.51. The third kappa shape index (κ3) is 2.80. The molecule has 0 bridgehead atoms. The van der Waals surface area contributed by atoms with Gasteiger partial charge in [0.15, 0.2) is 0 Å². The minimum absolute atomic E-state index is 0.231. The van der Waals surface area contributed by atoms with E-state index in [1.54, 1.807) is 24.3 Å². The fourth-order valence-electron chi connectivity index (χ4n) is 1.37. The van der Waals surface area contributed by atoms with E-state index in [2.05, 4.69) is 9.97 Å². The number of hydrogen-bond acceptors (Lipinski definition) is 4. The van der Waals surface area contributed by atoms with Gasteiger partial charge in [-0.25, -0.2) is 18.4 Å². The lowest BCUT2D eigenvalue weighted by atomic mass is 10.1. The first-order valence-electron chi connectivity index (χ1n) is 4.86. The van der Waals surface area contributed by atoms with E-state index in [9.17, 15) is 8.42 Å². The molecule has 94 valence electrons. The van der Waals surface area contributed by atoms with E-state index in [-0.39, 0.29) is 5.16 Å². The molecule has 2 aromatic rings. The lowest BCUT2D eigenvalue weighted by Crippen LogP contribution is -2.04. The summed E-state index contributed by atoms with van der Waals surface area (Å²) in [5.74, 6) is 0. The Labute approximate surface area is 115 Å². The van der Waals surface area contributed by atoms with Crippen molar-refractivity contribution in [1.82, 2.24) is 9.97 Å². The molecule has 1 aromatic carbocycles. The molecule has 0 saturated heterocycles. The van der Waals surface area contributed by atoms with Crippen LogP contribution in [0.1, 0.15) is 0 Å². The van der Waals surface area contributed by atoms with E-state index in [0.29, 0.717) is 21.3 Å². The fraction of sp³-hybridized carbons (Fsp3) is 0.0909. The normalized spacial score (nSPS) is 11.5. The molecule has 0 amide bonds. The molecule has 1 aromatic heterocycles. The Balaban J connectivity index is 2.58. The van der Waals surface area contributed by atoms with Gasteiger partial charge in [-0.3, -0.25) is 0 Å². The Morgan fingerprint density at radius 1 is 1.17 bits per heavy atom. The SMILES string of the molecule is CS(=O)(=O)c1nccc(-c2ccc(Cl)cc2Cl)n1. The summed E-state index contributed by atoms with van der Waals surface area (Å²) in [6.07, 6.45) is 2.43. The second-order valence-electron chi connectivity index (χ2n) is 3.62. The van der Waals surface area contributed by atoms with Crippen molar-refractivity contribution in [3.8, 4) is 11.3 Å². The fourth-order valence-corrected chi connectivity index (χ4v) is 2.39. The van der Waals surface area contributed by atoms with Crippen molar-refractivity contribution in [3.63, 3.8) is 0 Å². The number of sulfone groups is 1. The number of rotatable bonds is 2. The van der Waals surface area contributed by atoms with Crippen molar-refractivity contribution >= 4 is 33.0 Å². The minimum Gasteiger partial charge on any atom is -0.227 e. The van der Waals surface area contributed by atoms with Crippen molar-refractivity contribution in [2.24, 2.45) is 0 Å². The van der Waals surface area contributed by atoms with Crippen LogP contribution in [0, 0.1) is 0 Å². The summed E-state index contributed by atoms with van der Waals surface area (Å²) in [5, 5.41) is 0.674. The van der Waals surface area contributed by atoms with E-state index >= 15 is 0 Å². The molecule has 2 rings (SSSR count). The first kappa shape index (κ1) is 13.3. The van der Waals surface area contributed by atoms with E-state index in [0.717, 1.165) is 6.26 Å². The average molecular weight is 303 g/mol. The topological polar surface area (TPSA) is 59.9 Å². The van der Waals surface area contributed by atoms with Gasteiger partial charge in [0.05, 0.1) is 10.7 Å². The van der Waals surface area contributed by atoms with E-state index < -0.39 is 9.84 Å². The monoisotopic (exact) mass is 302 g/mol. The summed E-state index contributed by atoms with van der Waals surface area (Å²) in [7, 11) is -3.45. The maximum absolute atomic E-state index is 11.4. The van der Waals surface area contributed by atoms with Crippen LogP contribution in [0.15, 0.2) is 35.6 Å². The molecule has 0 radical (unpaired) electrons. The summed E-state index contributed by atoms with van der Waals surface area (Å²) in [6, 6.07) is 6.49. The van der Waals surface area contributed by atoms with Gasteiger partial charge >= 0.3 is 0 Å². The van der Waals surface area contributed by atoms with Gasteiger partial charge in [0.2, 0.25) is 15.0 Å². The lowest BCUT2D eigenvalue weighted by molar-refractivity contribution is 0.593. The molecule has 0 saturated carbocycles. The van der Waals surface area contributed by atoms with Gasteiger partial charge in [-0.05, 0) is 24.3 Å². The molecule has 0 fully saturated rings. The summed E-state index contributed by atoms with van der Waals surface area (Å²) in [6.45, 7) is 0. The number of hydrogen-bond donors (Lipinski definition) is 0. The van der Waals surface area contributed by atoms with Crippen LogP contribution in [0.4, 0.5) is 0 Å². The van der Waals surface area contributed by atoms with Gasteiger partial charge in [0, 0.05) is 23.0 Å². The molecule has 0 spiro atoms. The number of nitrogens with zero attached hydrogens (tertiary/aromatic N) is 2. The second kappa shape index (κ2) is 4.84. The van der Waals surface area contributed by atoms with Crippen LogP contribution in [0.25, 0.3) is 11.3 Å². The van der Waals surface area contributed by atoms with Crippen molar-refractivity contribution in [2.45, 2.75) is 5.16 Å². The Morgan fingerprint density at radius 2 is 1.89 bits per heavy atom. The van der Waals surface area contributed by atoms with Crippen LogP contribution in [-0.2, 0) is 9.84 Å². The highest BCUT2D eigenvalue weighted by Crippen LogP contribution is 2.29. The van der Waals surface area contributed by atoms with Crippen LogP contribution in [0.5, 0.6) is 0 Å². The zero-order valence-corrected chi connectivity index (χ0v) is 11.6. The Morgan fingerprint density at radius 3 is 2.50 bits per heavy atom. The Bertz CT molecular complexity index is 702. The molecule has 0 atom stereocenters. The zero-order chi connectivity index (χ0) is 13.3. The Kier molecular flexibility index (Phi) is 3.56. The molecular formula is C11H8Cl2N2O2S.